The second-order valence-electron chi connectivity index (χ2n) is 9.68. The van der Waals surface area contributed by atoms with Crippen molar-refractivity contribution in [2.45, 2.75) is 91.7 Å². The monoisotopic (exact) mass is 353 g/mol. The van der Waals surface area contributed by atoms with Crippen LogP contribution in [0, 0.1) is 11.8 Å². The smallest absolute Gasteiger partial charge is 0.121 e. The Kier molecular flexibility index (Phi) is 6.63. The Balaban J connectivity index is 2.08. The molecule has 2 rings (SSSR count). The molecule has 2 fully saturated rings. The van der Waals surface area contributed by atoms with Crippen molar-refractivity contribution >= 4 is 0 Å². The lowest BCUT2D eigenvalue weighted by Crippen LogP contribution is -2.65. The molecule has 0 radical (unpaired) electrons. The van der Waals surface area contributed by atoms with Crippen LogP contribution in [0.15, 0.2) is 0 Å². The fourth-order valence-corrected chi connectivity index (χ4v) is 4.97. The van der Waals surface area contributed by atoms with E-state index in [1.54, 1.807) is 0 Å². The van der Waals surface area contributed by atoms with Gasteiger partial charge in [0, 0.05) is 31.7 Å². The van der Waals surface area contributed by atoms with Crippen LogP contribution in [0.25, 0.3) is 0 Å². The van der Waals surface area contributed by atoms with Gasteiger partial charge in [0.1, 0.15) is 5.72 Å². The summed E-state index contributed by atoms with van der Waals surface area (Å²) < 4.78 is 6.27. The zero-order valence-corrected chi connectivity index (χ0v) is 18.3. The highest BCUT2D eigenvalue weighted by molar-refractivity contribution is 4.93. The highest BCUT2D eigenvalue weighted by atomic mass is 16.5. The van der Waals surface area contributed by atoms with Gasteiger partial charge in [0.15, 0.2) is 0 Å². The third kappa shape index (κ3) is 4.23. The molecule has 0 saturated carbocycles. The molecule has 25 heavy (non-hydrogen) atoms. The van der Waals surface area contributed by atoms with Crippen molar-refractivity contribution in [1.29, 1.82) is 0 Å². The number of nitrogens with zero attached hydrogens (tertiary/aromatic N) is 3. The van der Waals surface area contributed by atoms with Gasteiger partial charge in [-0.1, -0.05) is 13.8 Å². The fourth-order valence-electron chi connectivity index (χ4n) is 4.97. The minimum absolute atomic E-state index is 0.116. The summed E-state index contributed by atoms with van der Waals surface area (Å²) in [6.45, 7) is 23.1. The Morgan fingerprint density at radius 2 is 1.64 bits per heavy atom. The Hall–Kier alpha value is -0.160. The molecule has 2 aliphatic rings. The molecule has 0 N–H and O–H groups in total. The molecule has 3 unspecified atom stereocenters. The summed E-state index contributed by atoms with van der Waals surface area (Å²) in [5.41, 5.74) is 0.0316. The van der Waals surface area contributed by atoms with Crippen LogP contribution in [-0.2, 0) is 4.74 Å². The van der Waals surface area contributed by atoms with Crippen LogP contribution in [-0.4, -0.2) is 71.5 Å². The summed E-state index contributed by atoms with van der Waals surface area (Å²) in [6, 6.07) is 1.14. The zero-order valence-electron chi connectivity index (χ0n) is 18.3. The first-order chi connectivity index (χ1) is 11.5. The molecule has 148 valence electrons. The molecule has 0 aromatic rings. The standard InChI is InChI=1S/C21H43N3O/c1-16(2)21(8)23(11-10-12-25-21)18(5)13-19-14-22(9)20(6,7)24(15-19)17(3)4/h16-19H,10-15H2,1-9H3. The molecule has 4 heteroatoms. The van der Waals surface area contributed by atoms with Crippen molar-refractivity contribution in [1.82, 2.24) is 14.7 Å². The van der Waals surface area contributed by atoms with Gasteiger partial charge in [-0.25, -0.2) is 0 Å². The van der Waals surface area contributed by atoms with Gasteiger partial charge in [-0.2, -0.15) is 0 Å². The van der Waals surface area contributed by atoms with Gasteiger partial charge in [0.2, 0.25) is 0 Å². The average molecular weight is 354 g/mol. The van der Waals surface area contributed by atoms with Gasteiger partial charge >= 0.3 is 0 Å². The largest absolute Gasteiger partial charge is 0.360 e. The first-order valence-corrected chi connectivity index (χ1v) is 10.4. The van der Waals surface area contributed by atoms with Crippen molar-refractivity contribution in [2.24, 2.45) is 11.8 Å². The minimum atomic E-state index is -0.116. The van der Waals surface area contributed by atoms with E-state index < -0.39 is 0 Å². The van der Waals surface area contributed by atoms with Crippen LogP contribution in [0.4, 0.5) is 0 Å². The second-order valence-corrected chi connectivity index (χ2v) is 9.68. The lowest BCUT2D eigenvalue weighted by Gasteiger charge is -2.55. The topological polar surface area (TPSA) is 19.0 Å². The molecular weight excluding hydrogens is 310 g/mol. The Morgan fingerprint density at radius 3 is 2.20 bits per heavy atom. The van der Waals surface area contributed by atoms with Gasteiger partial charge in [0.25, 0.3) is 0 Å². The van der Waals surface area contributed by atoms with Crippen molar-refractivity contribution in [3.8, 4) is 0 Å². The Bertz CT molecular complexity index is 437. The normalized spacial score (nSPS) is 34.0. The fraction of sp³-hybridized carbons (Fsp3) is 1.00. The Labute approximate surface area is 156 Å². The van der Waals surface area contributed by atoms with E-state index in [4.69, 9.17) is 4.74 Å². The van der Waals surface area contributed by atoms with E-state index in [9.17, 15) is 0 Å². The molecule has 2 saturated heterocycles. The van der Waals surface area contributed by atoms with E-state index in [0.29, 0.717) is 23.9 Å². The molecule has 0 aliphatic carbocycles. The van der Waals surface area contributed by atoms with Crippen molar-refractivity contribution < 1.29 is 4.74 Å². The molecule has 0 amide bonds. The van der Waals surface area contributed by atoms with Gasteiger partial charge < -0.3 is 4.74 Å². The predicted molar refractivity (Wildman–Crippen MR) is 107 cm³/mol. The van der Waals surface area contributed by atoms with Crippen molar-refractivity contribution in [3.05, 3.63) is 0 Å². The summed E-state index contributed by atoms with van der Waals surface area (Å²) in [4.78, 5) is 7.85. The highest BCUT2D eigenvalue weighted by Crippen LogP contribution is 2.35. The lowest BCUT2D eigenvalue weighted by atomic mass is 9.89. The molecule has 3 atom stereocenters. The maximum absolute atomic E-state index is 6.27. The van der Waals surface area contributed by atoms with Crippen LogP contribution in [0.2, 0.25) is 0 Å². The number of ether oxygens (including phenoxy) is 1. The summed E-state index contributed by atoms with van der Waals surface area (Å²) in [5, 5.41) is 0. The maximum atomic E-state index is 6.27. The maximum Gasteiger partial charge on any atom is 0.121 e. The first-order valence-electron chi connectivity index (χ1n) is 10.4. The van der Waals surface area contributed by atoms with Gasteiger partial charge in [-0.05, 0) is 73.3 Å². The van der Waals surface area contributed by atoms with E-state index in [1.807, 2.05) is 0 Å². The molecule has 0 bridgehead atoms. The average Bonchev–Trinajstić information content (AvgIpc) is 2.50. The van der Waals surface area contributed by atoms with Crippen LogP contribution in [0.5, 0.6) is 0 Å². The van der Waals surface area contributed by atoms with Gasteiger partial charge in [-0.3, -0.25) is 14.7 Å². The predicted octanol–water partition coefficient (Wildman–Crippen LogP) is 3.87. The third-order valence-corrected chi connectivity index (χ3v) is 7.03. The molecule has 2 heterocycles. The number of rotatable bonds is 5. The van der Waals surface area contributed by atoms with Crippen molar-refractivity contribution in [2.75, 3.05) is 33.3 Å². The summed E-state index contributed by atoms with van der Waals surface area (Å²) in [6.07, 6.45) is 2.40. The second kappa shape index (κ2) is 7.84. The van der Waals surface area contributed by atoms with E-state index in [1.165, 1.54) is 19.5 Å². The number of hydrogen-bond acceptors (Lipinski definition) is 4. The lowest BCUT2D eigenvalue weighted by molar-refractivity contribution is -0.214. The van der Waals surface area contributed by atoms with E-state index in [0.717, 1.165) is 19.6 Å². The van der Waals surface area contributed by atoms with Crippen LogP contribution in [0.1, 0.15) is 68.2 Å². The molecular formula is C21H43N3O. The van der Waals surface area contributed by atoms with E-state index in [-0.39, 0.29) is 11.4 Å². The number of hydrogen-bond donors (Lipinski definition) is 0. The third-order valence-electron chi connectivity index (χ3n) is 7.03. The summed E-state index contributed by atoms with van der Waals surface area (Å²) in [7, 11) is 2.29. The van der Waals surface area contributed by atoms with Crippen molar-refractivity contribution in [3.63, 3.8) is 0 Å². The molecule has 0 aromatic carbocycles. The van der Waals surface area contributed by atoms with Gasteiger partial charge in [-0.15, -0.1) is 0 Å². The Morgan fingerprint density at radius 1 is 1.00 bits per heavy atom. The zero-order chi connectivity index (χ0) is 19.0. The molecule has 0 spiro atoms. The highest BCUT2D eigenvalue weighted by Gasteiger charge is 2.43. The van der Waals surface area contributed by atoms with Gasteiger partial charge in [0.05, 0.1) is 12.3 Å². The summed E-state index contributed by atoms with van der Waals surface area (Å²) in [5.74, 6) is 1.23. The van der Waals surface area contributed by atoms with E-state index in [2.05, 4.69) is 77.1 Å². The van der Waals surface area contributed by atoms with Crippen LogP contribution >= 0.6 is 0 Å². The summed E-state index contributed by atoms with van der Waals surface area (Å²) >= 11 is 0. The first kappa shape index (κ1) is 21.1. The molecule has 4 nitrogen and oxygen atoms in total. The van der Waals surface area contributed by atoms with Crippen LogP contribution < -0.4 is 0 Å². The quantitative estimate of drug-likeness (QED) is 0.747. The minimum Gasteiger partial charge on any atom is -0.360 e. The molecule has 0 aromatic heterocycles. The van der Waals surface area contributed by atoms with E-state index >= 15 is 0 Å². The van der Waals surface area contributed by atoms with Crippen LogP contribution in [0.3, 0.4) is 0 Å². The molecule has 2 aliphatic heterocycles. The SMILES string of the molecule is CC(CC1CN(C)C(C)(C)N(C(C)C)C1)N1CCCOC1(C)C(C)C.